The lowest BCUT2D eigenvalue weighted by Gasteiger charge is -2.50. The highest BCUT2D eigenvalue weighted by Gasteiger charge is 2.62. The molecule has 0 spiro atoms. The van der Waals surface area contributed by atoms with E-state index in [0.717, 1.165) is 18.4 Å². The highest BCUT2D eigenvalue weighted by molar-refractivity contribution is 5.99. The zero-order valence-electron chi connectivity index (χ0n) is 16.8. The van der Waals surface area contributed by atoms with Crippen molar-refractivity contribution in [3.8, 4) is 0 Å². The predicted molar refractivity (Wildman–Crippen MR) is 104 cm³/mol. The summed E-state index contributed by atoms with van der Waals surface area (Å²) in [4.78, 5) is 25.2. The number of carboxylic acid groups (broad SMARTS) is 2. The molecule has 0 aromatic heterocycles. The number of carbonyl (C=O) groups is 2. The number of aliphatic carboxylic acids is 2. The second-order valence-electron chi connectivity index (χ2n) is 8.19. The highest BCUT2D eigenvalue weighted by Crippen LogP contribution is 2.55. The summed E-state index contributed by atoms with van der Waals surface area (Å²) in [5, 5.41) is 20.5. The molecule has 2 N–H and O–H groups in total. The Morgan fingerprint density at radius 3 is 1.92 bits per heavy atom. The topological polar surface area (TPSA) is 74.6 Å². The van der Waals surface area contributed by atoms with Crippen LogP contribution >= 0.6 is 0 Å². The number of hydrogen-bond donors (Lipinski definition) is 2. The third-order valence-corrected chi connectivity index (χ3v) is 5.75. The van der Waals surface area contributed by atoms with Crippen molar-refractivity contribution in [1.82, 2.24) is 0 Å². The van der Waals surface area contributed by atoms with Crippen molar-refractivity contribution in [2.24, 2.45) is 22.7 Å². The normalized spacial score (nSPS) is 14.4. The van der Waals surface area contributed by atoms with Gasteiger partial charge in [0.15, 0.2) is 5.41 Å². The van der Waals surface area contributed by atoms with Gasteiger partial charge in [-0.1, -0.05) is 77.8 Å². The zero-order valence-corrected chi connectivity index (χ0v) is 16.8. The average Bonchev–Trinajstić information content (AvgIpc) is 2.56. The monoisotopic (exact) mass is 362 g/mol. The van der Waals surface area contributed by atoms with Gasteiger partial charge in [-0.3, -0.25) is 9.59 Å². The molecule has 4 heteroatoms. The van der Waals surface area contributed by atoms with E-state index in [4.69, 9.17) is 0 Å². The Bertz CT molecular complexity index is 577. The van der Waals surface area contributed by atoms with E-state index in [0.29, 0.717) is 12.8 Å². The third kappa shape index (κ3) is 4.28. The smallest absolute Gasteiger partial charge is 0.321 e. The Kier molecular flexibility index (Phi) is 7.86. The third-order valence-electron chi connectivity index (χ3n) is 5.75. The van der Waals surface area contributed by atoms with E-state index in [-0.39, 0.29) is 18.3 Å². The molecule has 26 heavy (non-hydrogen) atoms. The molecule has 0 aliphatic rings. The molecule has 1 unspecified atom stereocenters. The van der Waals surface area contributed by atoms with Gasteiger partial charge in [0, 0.05) is 5.41 Å². The maximum Gasteiger partial charge on any atom is 0.321 e. The van der Waals surface area contributed by atoms with Crippen LogP contribution in [0.1, 0.15) is 65.9 Å². The molecule has 0 aliphatic heterocycles. The number of carboxylic acids is 2. The summed E-state index contributed by atoms with van der Waals surface area (Å²) in [7, 11) is 0. The lowest BCUT2D eigenvalue weighted by atomic mass is 9.51. The van der Waals surface area contributed by atoms with Crippen molar-refractivity contribution in [1.29, 1.82) is 0 Å². The Morgan fingerprint density at radius 2 is 1.54 bits per heavy atom. The van der Waals surface area contributed by atoms with E-state index in [1.165, 1.54) is 0 Å². The van der Waals surface area contributed by atoms with Gasteiger partial charge in [-0.05, 0) is 36.7 Å². The quantitative estimate of drug-likeness (QED) is 0.526. The van der Waals surface area contributed by atoms with Gasteiger partial charge >= 0.3 is 11.9 Å². The Balaban J connectivity index is 3.68. The van der Waals surface area contributed by atoms with Crippen LogP contribution in [0.15, 0.2) is 30.3 Å². The molecule has 1 aromatic rings. The van der Waals surface area contributed by atoms with Crippen LogP contribution in [0.25, 0.3) is 0 Å². The Hall–Kier alpha value is -1.84. The van der Waals surface area contributed by atoms with Gasteiger partial charge in [0.05, 0.1) is 0 Å². The van der Waals surface area contributed by atoms with Crippen LogP contribution in [0.5, 0.6) is 0 Å². The predicted octanol–water partition coefficient (Wildman–Crippen LogP) is 5.26. The molecule has 0 radical (unpaired) electrons. The van der Waals surface area contributed by atoms with Crippen molar-refractivity contribution in [3.05, 3.63) is 35.9 Å². The maximum atomic E-state index is 12.6. The van der Waals surface area contributed by atoms with Crippen molar-refractivity contribution in [2.75, 3.05) is 0 Å². The molecular weight excluding hydrogens is 328 g/mol. The van der Waals surface area contributed by atoms with Crippen molar-refractivity contribution < 1.29 is 19.8 Å². The number of hydrogen-bond acceptors (Lipinski definition) is 2. The minimum Gasteiger partial charge on any atom is -0.480 e. The van der Waals surface area contributed by atoms with Gasteiger partial charge in [-0.2, -0.15) is 0 Å². The van der Waals surface area contributed by atoms with Gasteiger partial charge in [-0.25, -0.2) is 0 Å². The number of rotatable bonds is 11. The summed E-state index contributed by atoms with van der Waals surface area (Å²) in [5.41, 5.74) is -1.91. The molecule has 0 amide bonds. The van der Waals surface area contributed by atoms with Gasteiger partial charge in [-0.15, -0.1) is 0 Å². The fraction of sp³-hybridized carbons (Fsp3) is 0.636. The summed E-state index contributed by atoms with van der Waals surface area (Å²) in [6.07, 6.45) is 2.92. The molecule has 0 bridgehead atoms. The molecule has 1 atom stereocenters. The van der Waals surface area contributed by atoms with Crippen molar-refractivity contribution >= 4 is 11.9 Å². The first-order valence-electron chi connectivity index (χ1n) is 9.64. The SMILES string of the molecule is CCCCC(CC(C)C)(C(C)C)C(Cc1ccccc1)(C(=O)O)C(=O)O. The Labute approximate surface area is 157 Å². The Morgan fingerprint density at radius 1 is 1.00 bits per heavy atom. The molecule has 4 nitrogen and oxygen atoms in total. The van der Waals surface area contributed by atoms with Crippen LogP contribution in [0.4, 0.5) is 0 Å². The van der Waals surface area contributed by atoms with E-state index >= 15 is 0 Å². The minimum atomic E-state index is -1.85. The standard InChI is InChI=1S/C22H34O4/c1-6-7-13-21(17(4)5,14-16(2)3)22(19(23)24,20(25)26)15-18-11-9-8-10-12-18/h8-12,16-17H,6-7,13-15H2,1-5H3,(H,23,24)(H,25,26). The van der Waals surface area contributed by atoms with E-state index < -0.39 is 22.8 Å². The number of benzene rings is 1. The van der Waals surface area contributed by atoms with Crippen LogP contribution < -0.4 is 0 Å². The van der Waals surface area contributed by atoms with Crippen LogP contribution in [0, 0.1) is 22.7 Å². The first kappa shape index (κ1) is 22.2. The molecule has 0 saturated carbocycles. The molecule has 0 saturated heterocycles. The van der Waals surface area contributed by atoms with Gasteiger partial charge < -0.3 is 10.2 Å². The highest BCUT2D eigenvalue weighted by atomic mass is 16.4. The number of unbranched alkanes of at least 4 members (excludes halogenated alkanes) is 1. The van der Waals surface area contributed by atoms with Crippen LogP contribution in [-0.4, -0.2) is 22.2 Å². The molecule has 1 aromatic carbocycles. The van der Waals surface area contributed by atoms with E-state index in [1.807, 2.05) is 58.0 Å². The van der Waals surface area contributed by atoms with Crippen LogP contribution in [-0.2, 0) is 16.0 Å². The van der Waals surface area contributed by atoms with Crippen molar-refractivity contribution in [2.45, 2.75) is 66.7 Å². The molecule has 0 fully saturated rings. The van der Waals surface area contributed by atoms with Gasteiger partial charge in [0.2, 0.25) is 0 Å². The average molecular weight is 363 g/mol. The van der Waals surface area contributed by atoms with Crippen LogP contribution in [0.2, 0.25) is 0 Å². The van der Waals surface area contributed by atoms with E-state index in [9.17, 15) is 19.8 Å². The van der Waals surface area contributed by atoms with Crippen LogP contribution in [0.3, 0.4) is 0 Å². The summed E-state index contributed by atoms with van der Waals surface area (Å²) in [6, 6.07) is 9.15. The summed E-state index contributed by atoms with van der Waals surface area (Å²) in [6.45, 7) is 10.1. The summed E-state index contributed by atoms with van der Waals surface area (Å²) < 4.78 is 0. The molecule has 1 rings (SSSR count). The second kappa shape index (κ2) is 9.20. The minimum absolute atomic E-state index is 0.00706. The second-order valence-corrected chi connectivity index (χ2v) is 8.19. The first-order chi connectivity index (χ1) is 12.1. The van der Waals surface area contributed by atoms with Gasteiger partial charge in [0.1, 0.15) is 0 Å². The summed E-state index contributed by atoms with van der Waals surface area (Å²) >= 11 is 0. The molecular formula is C22H34O4. The maximum absolute atomic E-state index is 12.6. The van der Waals surface area contributed by atoms with Crippen molar-refractivity contribution in [3.63, 3.8) is 0 Å². The fourth-order valence-corrected chi connectivity index (χ4v) is 4.47. The lowest BCUT2D eigenvalue weighted by Crippen LogP contribution is -2.57. The lowest BCUT2D eigenvalue weighted by molar-refractivity contribution is -0.183. The van der Waals surface area contributed by atoms with E-state index in [1.54, 1.807) is 0 Å². The molecule has 146 valence electrons. The first-order valence-corrected chi connectivity index (χ1v) is 9.64. The summed E-state index contributed by atoms with van der Waals surface area (Å²) in [5.74, 6) is -2.30. The zero-order chi connectivity index (χ0) is 20.0. The fourth-order valence-electron chi connectivity index (χ4n) is 4.47. The van der Waals surface area contributed by atoms with Gasteiger partial charge in [0.25, 0.3) is 0 Å². The molecule has 0 aliphatic carbocycles. The van der Waals surface area contributed by atoms with E-state index in [2.05, 4.69) is 6.92 Å². The largest absolute Gasteiger partial charge is 0.480 e. The molecule has 0 heterocycles.